The molecule has 0 aromatic carbocycles. The van der Waals surface area contributed by atoms with Gasteiger partial charge in [-0.25, -0.2) is 4.79 Å². The van der Waals surface area contributed by atoms with Crippen molar-refractivity contribution in [1.82, 2.24) is 0 Å². The molecule has 0 unspecified atom stereocenters. The van der Waals surface area contributed by atoms with Crippen LogP contribution in [0.25, 0.3) is 0 Å². The van der Waals surface area contributed by atoms with Crippen molar-refractivity contribution in [2.24, 2.45) is 10.8 Å². The Hall–Kier alpha value is -1.96. The fraction of sp³-hybridized carbons (Fsp3) is 0.789. The average molecular weight is 385 g/mol. The highest BCUT2D eigenvalue weighted by Crippen LogP contribution is 2.46. The topological polar surface area (TPSA) is 127 Å². The van der Waals surface area contributed by atoms with E-state index in [2.05, 4.69) is 0 Å². The van der Waals surface area contributed by atoms with Gasteiger partial charge in [0.2, 0.25) is 6.04 Å². The minimum Gasteiger partial charge on any atom is -0.481 e. The molecule has 0 heterocycles. The molecule has 154 valence electrons. The van der Waals surface area contributed by atoms with Crippen LogP contribution in [-0.4, -0.2) is 45.3 Å². The molecule has 0 amide bonds. The Morgan fingerprint density at radius 1 is 1.33 bits per heavy atom. The summed E-state index contributed by atoms with van der Waals surface area (Å²) in [6.45, 7) is 9.55. The third-order valence-corrected chi connectivity index (χ3v) is 5.33. The molecule has 8 heteroatoms. The molecule has 1 rings (SSSR count). The van der Waals surface area contributed by atoms with E-state index in [9.17, 15) is 29.9 Å². The van der Waals surface area contributed by atoms with Gasteiger partial charge in [0.1, 0.15) is 0 Å². The van der Waals surface area contributed by atoms with Crippen molar-refractivity contribution >= 4 is 11.9 Å². The number of carbonyl (C=O) groups is 2. The highest BCUT2D eigenvalue weighted by molar-refractivity contribution is 5.88. The molecule has 1 aliphatic carbocycles. The largest absolute Gasteiger partial charge is 0.481 e. The normalized spacial score (nSPS) is 25.9. The lowest BCUT2D eigenvalue weighted by molar-refractivity contribution is -0.543. The van der Waals surface area contributed by atoms with Crippen molar-refractivity contribution in [3.8, 4) is 0 Å². The molecule has 0 bridgehead atoms. The van der Waals surface area contributed by atoms with Gasteiger partial charge in [0.25, 0.3) is 0 Å². The fourth-order valence-electron chi connectivity index (χ4n) is 3.51. The quantitative estimate of drug-likeness (QED) is 0.459. The summed E-state index contributed by atoms with van der Waals surface area (Å²) in [4.78, 5) is 35.0. The number of ether oxygens (including phenoxy) is 1. The zero-order valence-electron chi connectivity index (χ0n) is 16.7. The Kier molecular flexibility index (Phi) is 7.54. The van der Waals surface area contributed by atoms with Crippen LogP contribution in [0, 0.1) is 20.9 Å². The predicted molar refractivity (Wildman–Crippen MR) is 99.1 cm³/mol. The number of hydrogen-bond donors (Lipinski definition) is 2. The van der Waals surface area contributed by atoms with E-state index in [1.165, 1.54) is 6.08 Å². The summed E-state index contributed by atoms with van der Waals surface area (Å²) < 4.78 is 5.97. The Bertz CT molecular complexity index is 604. The molecule has 3 atom stereocenters. The summed E-state index contributed by atoms with van der Waals surface area (Å²) in [6, 6.07) is -1.56. The summed E-state index contributed by atoms with van der Waals surface area (Å²) in [5.41, 5.74) is -2.21. The van der Waals surface area contributed by atoms with Crippen LogP contribution in [0.5, 0.6) is 0 Å². The monoisotopic (exact) mass is 385 g/mol. The number of carboxylic acid groups (broad SMARTS) is 2. The molecule has 0 aromatic heterocycles. The third kappa shape index (κ3) is 5.28. The maximum absolute atomic E-state index is 12.4. The van der Waals surface area contributed by atoms with Gasteiger partial charge in [-0.2, -0.15) is 0 Å². The van der Waals surface area contributed by atoms with Crippen molar-refractivity contribution in [2.45, 2.75) is 85.0 Å². The van der Waals surface area contributed by atoms with Crippen molar-refractivity contribution in [1.29, 1.82) is 0 Å². The molecule has 0 radical (unpaired) electrons. The van der Waals surface area contributed by atoms with E-state index < -0.39 is 40.8 Å². The highest BCUT2D eigenvalue weighted by Gasteiger charge is 2.61. The molecule has 0 fully saturated rings. The zero-order chi connectivity index (χ0) is 21.0. The Labute approximate surface area is 159 Å². The van der Waals surface area contributed by atoms with Gasteiger partial charge in [0, 0.05) is 16.9 Å². The molecular weight excluding hydrogens is 354 g/mol. The first-order chi connectivity index (χ1) is 12.4. The third-order valence-electron chi connectivity index (χ3n) is 5.33. The van der Waals surface area contributed by atoms with Gasteiger partial charge in [-0.15, -0.1) is 0 Å². The van der Waals surface area contributed by atoms with Gasteiger partial charge >= 0.3 is 11.9 Å². The first-order valence-electron chi connectivity index (χ1n) is 9.35. The predicted octanol–water partition coefficient (Wildman–Crippen LogP) is 3.52. The van der Waals surface area contributed by atoms with Gasteiger partial charge in [0.05, 0.1) is 12.2 Å². The van der Waals surface area contributed by atoms with Crippen LogP contribution in [0.2, 0.25) is 0 Å². The number of nitro groups is 1. The van der Waals surface area contributed by atoms with E-state index in [1.807, 2.05) is 34.6 Å². The average Bonchev–Trinajstić information content (AvgIpc) is 2.56. The van der Waals surface area contributed by atoms with Crippen molar-refractivity contribution < 1.29 is 29.5 Å². The van der Waals surface area contributed by atoms with E-state index >= 15 is 0 Å². The number of aliphatic carboxylic acids is 2. The minimum atomic E-state index is -1.81. The van der Waals surface area contributed by atoms with E-state index in [1.54, 1.807) is 0 Å². The fourth-order valence-corrected chi connectivity index (χ4v) is 3.51. The van der Waals surface area contributed by atoms with Crippen LogP contribution in [0.4, 0.5) is 0 Å². The van der Waals surface area contributed by atoms with E-state index in [0.717, 1.165) is 0 Å². The van der Waals surface area contributed by atoms with E-state index in [0.29, 0.717) is 19.3 Å². The number of nitrogens with zero attached hydrogens (tertiary/aromatic N) is 1. The molecule has 8 nitrogen and oxygen atoms in total. The van der Waals surface area contributed by atoms with Crippen LogP contribution in [0.15, 0.2) is 11.6 Å². The van der Waals surface area contributed by atoms with Crippen LogP contribution in [0.3, 0.4) is 0 Å². The first kappa shape index (κ1) is 23.1. The molecule has 0 aliphatic heterocycles. The van der Waals surface area contributed by atoms with Gasteiger partial charge in [0.15, 0.2) is 5.41 Å². The molecular formula is C19H31NO7. The Morgan fingerprint density at radius 2 is 1.89 bits per heavy atom. The van der Waals surface area contributed by atoms with Gasteiger partial charge < -0.3 is 14.9 Å². The van der Waals surface area contributed by atoms with Gasteiger partial charge in [-0.05, 0) is 37.2 Å². The van der Waals surface area contributed by atoms with Crippen LogP contribution >= 0.6 is 0 Å². The molecule has 0 saturated heterocycles. The summed E-state index contributed by atoms with van der Waals surface area (Å²) in [6.07, 6.45) is 1.04. The zero-order valence-corrected chi connectivity index (χ0v) is 16.7. The molecule has 1 aliphatic rings. The lowest BCUT2D eigenvalue weighted by Gasteiger charge is -2.42. The molecule has 2 N–H and O–H groups in total. The SMILES string of the molecule is CCC(CC)O[C@H]1C=C(C(=O)O)C[C@@H]([N+](=O)[O-])[C@@]1(CCC(C)(C)C)C(=O)O. The smallest absolute Gasteiger partial charge is 0.331 e. The second-order valence-electron chi connectivity index (χ2n) is 8.40. The first-order valence-corrected chi connectivity index (χ1v) is 9.35. The van der Waals surface area contributed by atoms with E-state index in [4.69, 9.17) is 4.74 Å². The summed E-state index contributed by atoms with van der Waals surface area (Å²) in [7, 11) is 0. The van der Waals surface area contributed by atoms with Gasteiger partial charge in [-0.3, -0.25) is 14.9 Å². The second-order valence-corrected chi connectivity index (χ2v) is 8.40. The number of rotatable bonds is 9. The number of hydrogen-bond acceptors (Lipinski definition) is 5. The Morgan fingerprint density at radius 3 is 2.26 bits per heavy atom. The van der Waals surface area contributed by atoms with Crippen molar-refractivity contribution in [3.63, 3.8) is 0 Å². The number of carboxylic acids is 2. The highest BCUT2D eigenvalue weighted by atomic mass is 16.6. The molecule has 27 heavy (non-hydrogen) atoms. The lowest BCUT2D eigenvalue weighted by atomic mass is 9.64. The summed E-state index contributed by atoms with van der Waals surface area (Å²) in [5.74, 6) is -2.60. The maximum atomic E-state index is 12.4. The lowest BCUT2D eigenvalue weighted by Crippen LogP contribution is -2.58. The standard InChI is InChI=1S/C19H31NO7/c1-6-13(7-2)27-15-11-12(16(21)22)10-14(20(25)26)19(15,17(23)24)9-8-18(3,4)5/h11,13-15H,6-10H2,1-5H3,(H,21,22)(H,23,24)/t14-,15+,19-/m1/s1. The summed E-state index contributed by atoms with van der Waals surface area (Å²) >= 11 is 0. The molecule has 0 saturated carbocycles. The van der Waals surface area contributed by atoms with E-state index in [-0.39, 0.29) is 23.5 Å². The Balaban J connectivity index is 3.55. The second kappa shape index (κ2) is 8.82. The van der Waals surface area contributed by atoms with Crippen LogP contribution in [-0.2, 0) is 14.3 Å². The molecule has 0 aromatic rings. The van der Waals surface area contributed by atoms with Crippen molar-refractivity contribution in [3.05, 3.63) is 21.8 Å². The summed E-state index contributed by atoms with van der Waals surface area (Å²) in [5, 5.41) is 31.3. The minimum absolute atomic E-state index is 0.0334. The van der Waals surface area contributed by atoms with Crippen LogP contribution in [0.1, 0.15) is 66.7 Å². The maximum Gasteiger partial charge on any atom is 0.331 e. The van der Waals surface area contributed by atoms with Crippen molar-refractivity contribution in [2.75, 3.05) is 0 Å². The van der Waals surface area contributed by atoms with Crippen LogP contribution < -0.4 is 0 Å². The molecule has 0 spiro atoms. The van der Waals surface area contributed by atoms with Gasteiger partial charge in [-0.1, -0.05) is 34.6 Å².